The van der Waals surface area contributed by atoms with E-state index in [4.69, 9.17) is 9.47 Å². The van der Waals surface area contributed by atoms with Crippen molar-refractivity contribution in [1.29, 1.82) is 0 Å². The molecule has 0 spiro atoms. The molecule has 122 valence electrons. The van der Waals surface area contributed by atoms with E-state index in [1.165, 1.54) is 0 Å². The quantitative estimate of drug-likeness (QED) is 0.825. The highest BCUT2D eigenvalue weighted by Gasteiger charge is 2.07. The van der Waals surface area contributed by atoms with Gasteiger partial charge >= 0.3 is 0 Å². The maximum Gasteiger partial charge on any atom is 0.239 e. The molecular formula is C18H22N2O3. The third-order valence-electron chi connectivity index (χ3n) is 3.46. The average Bonchev–Trinajstić information content (AvgIpc) is 2.58. The summed E-state index contributed by atoms with van der Waals surface area (Å²) in [6, 6.07) is 13.4. The molecule has 0 saturated carbocycles. The Morgan fingerprint density at radius 3 is 2.52 bits per heavy atom. The first-order chi connectivity index (χ1) is 11.1. The number of ether oxygens (including phenoxy) is 2. The van der Waals surface area contributed by atoms with Crippen molar-refractivity contribution in [2.24, 2.45) is 0 Å². The summed E-state index contributed by atoms with van der Waals surface area (Å²) < 4.78 is 10.5. The predicted octanol–water partition coefficient (Wildman–Crippen LogP) is 2.74. The lowest BCUT2D eigenvalue weighted by Crippen LogP contribution is -2.29. The van der Waals surface area contributed by atoms with Crippen molar-refractivity contribution >= 4 is 11.6 Å². The van der Waals surface area contributed by atoms with Gasteiger partial charge in [0.15, 0.2) is 0 Å². The van der Waals surface area contributed by atoms with E-state index in [-0.39, 0.29) is 12.5 Å². The van der Waals surface area contributed by atoms with Crippen LogP contribution in [0.4, 0.5) is 5.69 Å². The zero-order chi connectivity index (χ0) is 16.7. The number of hydrogen-bond donors (Lipinski definition) is 2. The zero-order valence-corrected chi connectivity index (χ0v) is 13.7. The molecule has 2 N–H and O–H groups in total. The van der Waals surface area contributed by atoms with Gasteiger partial charge in [-0.2, -0.15) is 0 Å². The summed E-state index contributed by atoms with van der Waals surface area (Å²) in [6.45, 7) is 2.59. The van der Waals surface area contributed by atoms with E-state index in [0.29, 0.717) is 12.3 Å². The van der Waals surface area contributed by atoms with E-state index < -0.39 is 0 Å². The number of anilines is 1. The molecule has 1 amide bonds. The van der Waals surface area contributed by atoms with Crippen LogP contribution in [0, 0.1) is 6.92 Å². The fourth-order valence-electron chi connectivity index (χ4n) is 2.24. The lowest BCUT2D eigenvalue weighted by atomic mass is 10.2. The summed E-state index contributed by atoms with van der Waals surface area (Å²) in [5.74, 6) is 1.38. The summed E-state index contributed by atoms with van der Waals surface area (Å²) in [7, 11) is 3.23. The number of nitrogens with one attached hydrogen (secondary N) is 2. The summed E-state index contributed by atoms with van der Waals surface area (Å²) >= 11 is 0. The number of para-hydroxylation sites is 1. The van der Waals surface area contributed by atoms with Crippen LogP contribution < -0.4 is 20.1 Å². The summed E-state index contributed by atoms with van der Waals surface area (Å²) in [5.41, 5.74) is 2.85. The van der Waals surface area contributed by atoms with E-state index in [1.54, 1.807) is 14.2 Å². The molecule has 0 atom stereocenters. The molecule has 0 unspecified atom stereocenters. The first kappa shape index (κ1) is 16.7. The standard InChI is InChI=1S/C18H22N2O3/c1-13-8-9-17(23-3)15(10-13)19-12-18(21)20-11-14-6-4-5-7-16(14)22-2/h4-10,19H,11-12H2,1-3H3,(H,20,21). The third-order valence-corrected chi connectivity index (χ3v) is 3.46. The molecule has 2 rings (SSSR count). The minimum Gasteiger partial charge on any atom is -0.496 e. The second-order valence-electron chi connectivity index (χ2n) is 5.15. The Hall–Kier alpha value is -2.69. The first-order valence-corrected chi connectivity index (χ1v) is 7.41. The molecule has 0 aliphatic rings. The van der Waals surface area contributed by atoms with Crippen LogP contribution >= 0.6 is 0 Å². The predicted molar refractivity (Wildman–Crippen MR) is 91.1 cm³/mol. The van der Waals surface area contributed by atoms with E-state index in [9.17, 15) is 4.79 Å². The van der Waals surface area contributed by atoms with Gasteiger partial charge in [-0.1, -0.05) is 24.3 Å². The molecule has 0 aliphatic carbocycles. The molecule has 2 aromatic rings. The topological polar surface area (TPSA) is 59.6 Å². The molecule has 0 aromatic heterocycles. The Labute approximate surface area is 136 Å². The van der Waals surface area contributed by atoms with Gasteiger partial charge in [-0.25, -0.2) is 0 Å². The third kappa shape index (κ3) is 4.64. The average molecular weight is 314 g/mol. The Balaban J connectivity index is 1.89. The summed E-state index contributed by atoms with van der Waals surface area (Å²) in [5, 5.41) is 5.98. The van der Waals surface area contributed by atoms with E-state index in [2.05, 4.69) is 10.6 Å². The van der Waals surface area contributed by atoms with E-state index in [0.717, 1.165) is 22.6 Å². The molecule has 0 radical (unpaired) electrons. The Bertz CT molecular complexity index is 671. The fourth-order valence-corrected chi connectivity index (χ4v) is 2.24. The highest BCUT2D eigenvalue weighted by molar-refractivity contribution is 5.81. The molecule has 0 heterocycles. The number of rotatable bonds is 7. The van der Waals surface area contributed by atoms with Gasteiger partial charge in [0.25, 0.3) is 0 Å². The molecule has 0 saturated heterocycles. The molecule has 0 bridgehead atoms. The molecular weight excluding hydrogens is 292 g/mol. The van der Waals surface area contributed by atoms with Gasteiger partial charge in [0.1, 0.15) is 11.5 Å². The maximum atomic E-state index is 12.0. The van der Waals surface area contributed by atoms with Crippen molar-refractivity contribution in [3.05, 3.63) is 53.6 Å². The first-order valence-electron chi connectivity index (χ1n) is 7.41. The van der Waals surface area contributed by atoms with Crippen LogP contribution in [0.5, 0.6) is 11.5 Å². The number of methoxy groups -OCH3 is 2. The smallest absolute Gasteiger partial charge is 0.239 e. The van der Waals surface area contributed by atoms with Gasteiger partial charge in [-0.15, -0.1) is 0 Å². The Kier molecular flexibility index (Phi) is 5.86. The van der Waals surface area contributed by atoms with Crippen LogP contribution in [0.15, 0.2) is 42.5 Å². The minimum atomic E-state index is -0.0977. The Morgan fingerprint density at radius 2 is 1.78 bits per heavy atom. The largest absolute Gasteiger partial charge is 0.496 e. The summed E-state index contributed by atoms with van der Waals surface area (Å²) in [6.07, 6.45) is 0. The van der Waals surface area contributed by atoms with Crippen molar-refractivity contribution in [1.82, 2.24) is 5.32 Å². The fraction of sp³-hybridized carbons (Fsp3) is 0.278. The van der Waals surface area contributed by atoms with Crippen LogP contribution in [0.1, 0.15) is 11.1 Å². The molecule has 5 nitrogen and oxygen atoms in total. The Morgan fingerprint density at radius 1 is 1.04 bits per heavy atom. The SMILES string of the molecule is COc1ccccc1CNC(=O)CNc1cc(C)ccc1OC. The molecule has 0 fully saturated rings. The number of carbonyl (C=O) groups is 1. The van der Waals surface area contributed by atoms with Gasteiger partial charge < -0.3 is 20.1 Å². The number of aryl methyl sites for hydroxylation is 1. The van der Waals surface area contributed by atoms with Gasteiger partial charge in [0.2, 0.25) is 5.91 Å². The monoisotopic (exact) mass is 314 g/mol. The van der Waals surface area contributed by atoms with E-state index in [1.807, 2.05) is 49.4 Å². The van der Waals surface area contributed by atoms with Crippen LogP contribution in [0.2, 0.25) is 0 Å². The number of amides is 1. The van der Waals surface area contributed by atoms with Crippen LogP contribution in [0.25, 0.3) is 0 Å². The lowest BCUT2D eigenvalue weighted by molar-refractivity contribution is -0.119. The van der Waals surface area contributed by atoms with Gasteiger partial charge in [0.05, 0.1) is 26.5 Å². The number of hydrogen-bond acceptors (Lipinski definition) is 4. The molecule has 5 heteroatoms. The van der Waals surface area contributed by atoms with Crippen LogP contribution in [-0.2, 0) is 11.3 Å². The van der Waals surface area contributed by atoms with Crippen LogP contribution in [-0.4, -0.2) is 26.7 Å². The maximum absolute atomic E-state index is 12.0. The van der Waals surface area contributed by atoms with Crippen molar-refractivity contribution in [3.63, 3.8) is 0 Å². The minimum absolute atomic E-state index is 0.0977. The van der Waals surface area contributed by atoms with Crippen molar-refractivity contribution in [3.8, 4) is 11.5 Å². The van der Waals surface area contributed by atoms with Crippen molar-refractivity contribution < 1.29 is 14.3 Å². The van der Waals surface area contributed by atoms with Gasteiger partial charge in [-0.05, 0) is 30.7 Å². The van der Waals surface area contributed by atoms with Gasteiger partial charge in [0, 0.05) is 12.1 Å². The molecule has 2 aromatic carbocycles. The lowest BCUT2D eigenvalue weighted by Gasteiger charge is -2.13. The van der Waals surface area contributed by atoms with Crippen molar-refractivity contribution in [2.45, 2.75) is 13.5 Å². The normalized spacial score (nSPS) is 10.0. The highest BCUT2D eigenvalue weighted by Crippen LogP contribution is 2.24. The zero-order valence-electron chi connectivity index (χ0n) is 13.7. The van der Waals surface area contributed by atoms with Crippen molar-refractivity contribution in [2.75, 3.05) is 26.1 Å². The second kappa shape index (κ2) is 8.08. The summed E-state index contributed by atoms with van der Waals surface area (Å²) in [4.78, 5) is 12.0. The molecule has 23 heavy (non-hydrogen) atoms. The second-order valence-corrected chi connectivity index (χ2v) is 5.15. The number of benzene rings is 2. The van der Waals surface area contributed by atoms with Gasteiger partial charge in [-0.3, -0.25) is 4.79 Å². The highest BCUT2D eigenvalue weighted by atomic mass is 16.5. The van der Waals surface area contributed by atoms with E-state index >= 15 is 0 Å². The molecule has 0 aliphatic heterocycles. The number of carbonyl (C=O) groups excluding carboxylic acids is 1. The van der Waals surface area contributed by atoms with Crippen LogP contribution in [0.3, 0.4) is 0 Å².